The van der Waals surface area contributed by atoms with Crippen LogP contribution < -0.4 is 4.72 Å². The summed E-state index contributed by atoms with van der Waals surface area (Å²) >= 11 is 1.48. The lowest BCUT2D eigenvalue weighted by atomic mass is 9.80. The molecule has 0 spiro atoms. The Labute approximate surface area is 207 Å². The molecule has 2 aromatic heterocycles. The molecule has 11 heteroatoms. The largest absolute Gasteiger partial charge is 0.326 e. The van der Waals surface area contributed by atoms with Crippen LogP contribution in [0.4, 0.5) is 4.39 Å². The van der Waals surface area contributed by atoms with E-state index in [-0.39, 0.29) is 17.1 Å². The fourth-order valence-electron chi connectivity index (χ4n) is 5.01. The molecular weight excluding hydrogens is 487 g/mol. The number of rotatable bonds is 6. The predicted octanol–water partition coefficient (Wildman–Crippen LogP) is 3.26. The summed E-state index contributed by atoms with van der Waals surface area (Å²) < 4.78 is 44.1. The molecule has 8 nitrogen and oxygen atoms in total. The Hall–Kier alpha value is -2.89. The molecule has 1 aromatic carbocycles. The van der Waals surface area contributed by atoms with E-state index in [1.54, 1.807) is 23.0 Å². The second kappa shape index (κ2) is 8.07. The number of fused-ring (bicyclic) bond motifs is 1. The lowest BCUT2D eigenvalue weighted by Gasteiger charge is -2.38. The molecule has 1 saturated heterocycles. The monoisotopic (exact) mass is 512 g/mol. The van der Waals surface area contributed by atoms with Crippen molar-refractivity contribution in [1.82, 2.24) is 24.4 Å². The minimum Gasteiger partial charge on any atom is -0.326 e. The average molecular weight is 513 g/mol. The number of aliphatic imine (C=N–C) groups is 1. The average Bonchev–Trinajstić information content (AvgIpc) is 3.19. The lowest BCUT2D eigenvalue weighted by molar-refractivity contribution is 0.499. The molecule has 0 amide bonds. The van der Waals surface area contributed by atoms with Crippen LogP contribution >= 0.6 is 11.3 Å². The zero-order valence-corrected chi connectivity index (χ0v) is 21.0. The molecule has 2 fully saturated rings. The Morgan fingerprint density at radius 2 is 1.97 bits per heavy atom. The molecule has 4 heterocycles. The highest BCUT2D eigenvalue weighted by Crippen LogP contribution is 2.48. The van der Waals surface area contributed by atoms with Crippen LogP contribution in [-0.4, -0.2) is 51.8 Å². The van der Waals surface area contributed by atoms with Gasteiger partial charge in [0.25, 0.3) is 0 Å². The third-order valence-corrected chi connectivity index (χ3v) is 9.60. The highest BCUT2D eigenvalue weighted by atomic mass is 32.2. The van der Waals surface area contributed by atoms with E-state index in [9.17, 15) is 12.8 Å². The molecule has 2 atom stereocenters. The van der Waals surface area contributed by atoms with Crippen molar-refractivity contribution >= 4 is 32.8 Å². The molecule has 0 radical (unpaired) electrons. The van der Waals surface area contributed by atoms with Crippen molar-refractivity contribution in [2.75, 3.05) is 6.54 Å². The van der Waals surface area contributed by atoms with Crippen molar-refractivity contribution in [3.63, 3.8) is 0 Å². The Bertz CT molecular complexity index is 1440. The number of thiazole rings is 1. The van der Waals surface area contributed by atoms with Crippen LogP contribution in [0.5, 0.6) is 0 Å². The molecule has 35 heavy (non-hydrogen) atoms. The summed E-state index contributed by atoms with van der Waals surface area (Å²) in [5.41, 5.74) is 2.55. The third kappa shape index (κ3) is 3.91. The van der Waals surface area contributed by atoms with Crippen molar-refractivity contribution in [2.45, 2.75) is 43.0 Å². The molecule has 6 rings (SSSR count). The number of aromatic nitrogens is 3. The third-order valence-electron chi connectivity index (χ3n) is 6.82. The number of nitrogens with one attached hydrogen (secondary N) is 1. The van der Waals surface area contributed by atoms with Gasteiger partial charge in [0, 0.05) is 55.1 Å². The van der Waals surface area contributed by atoms with Crippen LogP contribution in [0.2, 0.25) is 0 Å². The zero-order valence-electron chi connectivity index (χ0n) is 19.3. The van der Waals surface area contributed by atoms with Gasteiger partial charge in [-0.2, -0.15) is 5.10 Å². The Kier molecular flexibility index (Phi) is 5.20. The van der Waals surface area contributed by atoms with Crippen molar-refractivity contribution in [1.29, 1.82) is 0 Å². The molecule has 1 saturated carbocycles. The molecule has 2 aliphatic heterocycles. The van der Waals surface area contributed by atoms with Crippen LogP contribution in [0.1, 0.15) is 42.5 Å². The van der Waals surface area contributed by atoms with Gasteiger partial charge in [0.1, 0.15) is 11.4 Å². The van der Waals surface area contributed by atoms with Gasteiger partial charge in [0.05, 0.1) is 10.9 Å². The van der Waals surface area contributed by atoms with Gasteiger partial charge in [-0.05, 0) is 43.5 Å². The minimum atomic E-state index is -3.36. The van der Waals surface area contributed by atoms with E-state index in [0.717, 1.165) is 27.5 Å². The number of benzene rings is 1. The summed E-state index contributed by atoms with van der Waals surface area (Å²) in [6.07, 6.45) is 5.53. The number of hydrogen-bond acceptors (Lipinski definition) is 7. The zero-order chi connectivity index (χ0) is 24.4. The number of aryl methyl sites for hydroxylation is 1. The summed E-state index contributed by atoms with van der Waals surface area (Å²) in [5, 5.41) is 7.05. The van der Waals surface area contributed by atoms with Gasteiger partial charge in [-0.15, -0.1) is 11.3 Å². The van der Waals surface area contributed by atoms with Gasteiger partial charge in [-0.3, -0.25) is 4.68 Å². The number of halogens is 1. The van der Waals surface area contributed by atoms with Gasteiger partial charge < -0.3 is 4.90 Å². The number of amidine groups is 1. The topological polar surface area (TPSA) is 92.5 Å². The molecule has 1 unspecified atom stereocenters. The summed E-state index contributed by atoms with van der Waals surface area (Å²) in [5.74, 6) is 0.371. The van der Waals surface area contributed by atoms with Crippen LogP contribution in [0.3, 0.4) is 0 Å². The SMILES string of the molecule is Cn1ccc(C2=C3CC(NS(=O)(=O)C4CC4)CN3C(c3nccs3)=N[C@@]2(C)c2ccc(F)cc2)n1. The van der Waals surface area contributed by atoms with Crippen molar-refractivity contribution in [3.8, 4) is 0 Å². The Morgan fingerprint density at radius 1 is 1.20 bits per heavy atom. The van der Waals surface area contributed by atoms with Crippen LogP contribution in [-0.2, 0) is 22.6 Å². The molecule has 1 aliphatic carbocycles. The highest BCUT2D eigenvalue weighted by Gasteiger charge is 2.47. The Morgan fingerprint density at radius 3 is 2.60 bits per heavy atom. The van der Waals surface area contributed by atoms with Crippen molar-refractivity contribution < 1.29 is 12.8 Å². The summed E-state index contributed by atoms with van der Waals surface area (Å²) in [7, 11) is -1.50. The first-order chi connectivity index (χ1) is 16.7. The van der Waals surface area contributed by atoms with Crippen LogP contribution in [0.15, 0.2) is 58.8 Å². The standard InChI is InChI=1S/C24H25FN6O2S2/c1-24(15-3-5-16(25)6-4-15)21(19-9-11-30(2)28-19)20-13-17(29-35(32,33)18-7-8-18)14-31(20)22(27-24)23-26-10-12-34-23/h3-6,9-12,17-18,29H,7-8,13-14H2,1-2H3/t17?,24-/m0/s1. The quantitative estimate of drug-likeness (QED) is 0.547. The van der Waals surface area contributed by atoms with Crippen molar-refractivity contribution in [3.05, 3.63) is 75.9 Å². The maximum atomic E-state index is 13.9. The summed E-state index contributed by atoms with van der Waals surface area (Å²) in [6.45, 7) is 2.46. The maximum absolute atomic E-state index is 13.9. The van der Waals surface area contributed by atoms with Gasteiger partial charge in [0.2, 0.25) is 10.0 Å². The molecule has 1 N–H and O–H groups in total. The maximum Gasteiger partial charge on any atom is 0.214 e. The number of sulfonamides is 1. The van der Waals surface area contributed by atoms with E-state index in [0.29, 0.717) is 31.6 Å². The van der Waals surface area contributed by atoms with Crippen LogP contribution in [0.25, 0.3) is 5.57 Å². The van der Waals surface area contributed by atoms with E-state index in [1.807, 2.05) is 31.6 Å². The van der Waals surface area contributed by atoms with E-state index in [1.165, 1.54) is 23.5 Å². The van der Waals surface area contributed by atoms with E-state index in [2.05, 4.69) is 14.6 Å². The highest BCUT2D eigenvalue weighted by molar-refractivity contribution is 7.90. The van der Waals surface area contributed by atoms with E-state index < -0.39 is 15.6 Å². The Balaban J connectivity index is 1.53. The van der Waals surface area contributed by atoms with Gasteiger partial charge in [-0.25, -0.2) is 27.5 Å². The smallest absolute Gasteiger partial charge is 0.214 e. The van der Waals surface area contributed by atoms with Gasteiger partial charge in [-0.1, -0.05) is 12.1 Å². The fraction of sp³-hybridized carbons (Fsp3) is 0.375. The van der Waals surface area contributed by atoms with Gasteiger partial charge >= 0.3 is 0 Å². The first kappa shape index (κ1) is 22.6. The molecule has 3 aromatic rings. The van der Waals surface area contributed by atoms with E-state index >= 15 is 0 Å². The first-order valence-corrected chi connectivity index (χ1v) is 14.0. The molecule has 182 valence electrons. The summed E-state index contributed by atoms with van der Waals surface area (Å²) in [4.78, 5) is 11.8. The second-order valence-electron chi connectivity index (χ2n) is 9.42. The fourth-order valence-corrected chi connectivity index (χ4v) is 7.22. The molecular formula is C24H25FN6O2S2. The van der Waals surface area contributed by atoms with Crippen molar-refractivity contribution in [2.24, 2.45) is 12.0 Å². The summed E-state index contributed by atoms with van der Waals surface area (Å²) in [6, 6.07) is 8.02. The van der Waals surface area contributed by atoms with E-state index in [4.69, 9.17) is 10.1 Å². The minimum absolute atomic E-state index is 0.291. The number of nitrogens with zero attached hydrogens (tertiary/aromatic N) is 5. The van der Waals surface area contributed by atoms with Crippen LogP contribution in [0, 0.1) is 5.82 Å². The molecule has 0 bridgehead atoms. The predicted molar refractivity (Wildman–Crippen MR) is 133 cm³/mol. The van der Waals surface area contributed by atoms with Gasteiger partial charge in [0.15, 0.2) is 10.8 Å². The first-order valence-electron chi connectivity index (χ1n) is 11.5. The number of hydrogen-bond donors (Lipinski definition) is 1. The molecule has 3 aliphatic rings. The lowest BCUT2D eigenvalue weighted by Crippen LogP contribution is -2.42. The normalized spacial score (nSPS) is 24.6. The second-order valence-corrected chi connectivity index (χ2v) is 12.3.